The Morgan fingerprint density at radius 1 is 1.14 bits per heavy atom. The molecule has 0 aromatic heterocycles. The van der Waals surface area contributed by atoms with Crippen LogP contribution in [0.15, 0.2) is 59.1 Å². The van der Waals surface area contributed by atoms with E-state index in [0.717, 1.165) is 21.6 Å². The molecule has 2 aromatic carbocycles. The molecule has 0 radical (unpaired) electrons. The summed E-state index contributed by atoms with van der Waals surface area (Å²) >= 11 is 3.38. The summed E-state index contributed by atoms with van der Waals surface area (Å²) in [5.41, 5.74) is 2.06. The lowest BCUT2D eigenvalue weighted by molar-refractivity contribution is -0.907. The second-order valence-electron chi connectivity index (χ2n) is 5.23. The molecule has 2 N–H and O–H groups in total. The number of nitrogens with one attached hydrogen (secondary N) is 2. The van der Waals surface area contributed by atoms with Crippen LogP contribution in [-0.4, -0.2) is 19.0 Å². The predicted octanol–water partition coefficient (Wildman–Crippen LogP) is 2.49. The molecule has 0 saturated carbocycles. The van der Waals surface area contributed by atoms with Gasteiger partial charge in [0.1, 0.15) is 6.54 Å². The maximum Gasteiger partial charge on any atom is 0.282 e. The van der Waals surface area contributed by atoms with E-state index in [0.29, 0.717) is 0 Å². The first-order valence-corrected chi connectivity index (χ1v) is 7.78. The fourth-order valence-corrected chi connectivity index (χ4v) is 2.34. The molecule has 2 aromatic rings. The highest BCUT2D eigenvalue weighted by atomic mass is 79.9. The molecule has 0 aliphatic rings. The number of rotatable bonds is 5. The summed E-state index contributed by atoms with van der Waals surface area (Å²) in [6.45, 7) is 2.78. The van der Waals surface area contributed by atoms with Gasteiger partial charge in [0, 0.05) is 15.7 Å². The second kappa shape index (κ2) is 7.38. The van der Waals surface area contributed by atoms with Crippen LogP contribution < -0.4 is 10.2 Å². The predicted molar refractivity (Wildman–Crippen MR) is 89.3 cm³/mol. The van der Waals surface area contributed by atoms with Crippen LogP contribution >= 0.6 is 15.9 Å². The number of hydrogen-bond acceptors (Lipinski definition) is 1. The average molecular weight is 348 g/mol. The molecule has 1 unspecified atom stereocenters. The van der Waals surface area contributed by atoms with Gasteiger partial charge in [-0.2, -0.15) is 0 Å². The number of anilines is 1. The van der Waals surface area contributed by atoms with Crippen molar-refractivity contribution < 1.29 is 9.69 Å². The highest BCUT2D eigenvalue weighted by molar-refractivity contribution is 9.10. The fraction of sp³-hybridized carbons (Fsp3) is 0.235. The number of amides is 1. The number of benzene rings is 2. The molecule has 21 heavy (non-hydrogen) atoms. The standard InChI is InChI=1S/C17H19BrN2O/c1-13(20(2)12-14-6-4-3-5-7-14)17(21)19-16-10-8-15(18)9-11-16/h3-11,13H,12H2,1-2H3,(H,19,21)/p+1/t13-/m1/s1. The van der Waals surface area contributed by atoms with E-state index >= 15 is 0 Å². The highest BCUT2D eigenvalue weighted by Crippen LogP contribution is 2.14. The molecule has 0 bridgehead atoms. The average Bonchev–Trinajstić information content (AvgIpc) is 2.49. The van der Waals surface area contributed by atoms with Gasteiger partial charge in [-0.25, -0.2) is 0 Å². The van der Waals surface area contributed by atoms with E-state index in [9.17, 15) is 4.79 Å². The summed E-state index contributed by atoms with van der Waals surface area (Å²) in [5, 5.41) is 2.95. The zero-order chi connectivity index (χ0) is 15.2. The van der Waals surface area contributed by atoms with Crippen molar-refractivity contribution in [1.29, 1.82) is 0 Å². The Bertz CT molecular complexity index is 583. The molecule has 0 aliphatic heterocycles. The Labute approximate surface area is 134 Å². The van der Waals surface area contributed by atoms with Crippen LogP contribution in [0.4, 0.5) is 5.69 Å². The summed E-state index contributed by atoms with van der Waals surface area (Å²) in [6, 6.07) is 17.7. The first-order chi connectivity index (χ1) is 10.1. The number of carbonyl (C=O) groups excluding carboxylic acids is 1. The smallest absolute Gasteiger partial charge is 0.282 e. The van der Waals surface area contributed by atoms with Crippen molar-refractivity contribution in [2.75, 3.05) is 12.4 Å². The SMILES string of the molecule is C[C@H](C(=O)Nc1ccc(Br)cc1)[NH+](C)Cc1ccccc1. The molecule has 2 atom stereocenters. The molecule has 1 amide bonds. The number of halogens is 1. The minimum Gasteiger partial charge on any atom is -0.324 e. The van der Waals surface area contributed by atoms with Crippen molar-refractivity contribution >= 4 is 27.5 Å². The van der Waals surface area contributed by atoms with Gasteiger partial charge < -0.3 is 10.2 Å². The monoisotopic (exact) mass is 347 g/mol. The Kier molecular flexibility index (Phi) is 5.53. The lowest BCUT2D eigenvalue weighted by Gasteiger charge is -2.21. The van der Waals surface area contributed by atoms with Crippen LogP contribution in [0.2, 0.25) is 0 Å². The van der Waals surface area contributed by atoms with Gasteiger partial charge in [0.25, 0.3) is 5.91 Å². The number of hydrogen-bond donors (Lipinski definition) is 2. The molecule has 2 rings (SSSR count). The number of likely N-dealkylation sites (N-methyl/N-ethyl adjacent to an activating group) is 1. The number of carbonyl (C=O) groups is 1. The third kappa shape index (κ3) is 4.69. The Morgan fingerprint density at radius 3 is 2.38 bits per heavy atom. The van der Waals surface area contributed by atoms with Crippen molar-refractivity contribution in [3.05, 3.63) is 64.6 Å². The van der Waals surface area contributed by atoms with E-state index in [-0.39, 0.29) is 11.9 Å². The van der Waals surface area contributed by atoms with Crippen LogP contribution in [0.1, 0.15) is 12.5 Å². The molecule has 3 nitrogen and oxygen atoms in total. The van der Waals surface area contributed by atoms with Gasteiger partial charge in [0.05, 0.1) is 7.05 Å². The first kappa shape index (κ1) is 15.7. The summed E-state index contributed by atoms with van der Waals surface area (Å²) in [4.78, 5) is 13.4. The van der Waals surface area contributed by atoms with Crippen LogP contribution in [0.3, 0.4) is 0 Å². The van der Waals surface area contributed by atoms with Gasteiger partial charge in [-0.1, -0.05) is 46.3 Å². The third-order valence-corrected chi connectivity index (χ3v) is 4.10. The fourth-order valence-electron chi connectivity index (χ4n) is 2.08. The lowest BCUT2D eigenvalue weighted by Crippen LogP contribution is -3.12. The minimum atomic E-state index is -0.117. The first-order valence-electron chi connectivity index (χ1n) is 6.99. The second-order valence-corrected chi connectivity index (χ2v) is 6.14. The van der Waals surface area contributed by atoms with Crippen molar-refractivity contribution in [2.24, 2.45) is 0 Å². The molecule has 110 valence electrons. The van der Waals surface area contributed by atoms with E-state index < -0.39 is 0 Å². The van der Waals surface area contributed by atoms with Crippen LogP contribution in [0.5, 0.6) is 0 Å². The van der Waals surface area contributed by atoms with Crippen LogP contribution in [-0.2, 0) is 11.3 Å². The Balaban J connectivity index is 1.93. The van der Waals surface area contributed by atoms with Crippen molar-refractivity contribution in [1.82, 2.24) is 0 Å². The van der Waals surface area contributed by atoms with Gasteiger partial charge in [-0.05, 0) is 31.2 Å². The third-order valence-electron chi connectivity index (χ3n) is 3.57. The molecular weight excluding hydrogens is 328 g/mol. The van der Waals surface area contributed by atoms with Crippen molar-refractivity contribution in [2.45, 2.75) is 19.5 Å². The number of quaternary nitrogens is 1. The molecule has 0 heterocycles. The molecular formula is C17H20BrN2O+. The van der Waals surface area contributed by atoms with Gasteiger partial charge in [-0.15, -0.1) is 0 Å². The van der Waals surface area contributed by atoms with E-state index in [2.05, 4.69) is 33.4 Å². The van der Waals surface area contributed by atoms with Gasteiger partial charge in [0.15, 0.2) is 6.04 Å². The molecule has 0 fully saturated rings. The topological polar surface area (TPSA) is 33.5 Å². The molecule has 0 saturated heterocycles. The Morgan fingerprint density at radius 2 is 1.76 bits per heavy atom. The van der Waals surface area contributed by atoms with Gasteiger partial charge in [-0.3, -0.25) is 4.79 Å². The van der Waals surface area contributed by atoms with Crippen LogP contribution in [0, 0.1) is 0 Å². The summed E-state index contributed by atoms with van der Waals surface area (Å²) in [7, 11) is 2.04. The zero-order valence-corrected chi connectivity index (χ0v) is 13.9. The van der Waals surface area contributed by atoms with Gasteiger partial charge in [0.2, 0.25) is 0 Å². The van der Waals surface area contributed by atoms with Gasteiger partial charge >= 0.3 is 0 Å². The van der Waals surface area contributed by atoms with Crippen molar-refractivity contribution in [3.8, 4) is 0 Å². The summed E-state index contributed by atoms with van der Waals surface area (Å²) in [6.07, 6.45) is 0. The van der Waals surface area contributed by atoms with Crippen molar-refractivity contribution in [3.63, 3.8) is 0 Å². The molecule has 4 heteroatoms. The Hall–Kier alpha value is -1.65. The normalized spacial score (nSPS) is 13.5. The van der Waals surface area contributed by atoms with E-state index in [1.165, 1.54) is 5.56 Å². The van der Waals surface area contributed by atoms with Crippen LogP contribution in [0.25, 0.3) is 0 Å². The highest BCUT2D eigenvalue weighted by Gasteiger charge is 2.21. The van der Waals surface area contributed by atoms with E-state index in [4.69, 9.17) is 0 Å². The van der Waals surface area contributed by atoms with E-state index in [1.54, 1.807) is 0 Å². The maximum absolute atomic E-state index is 12.3. The summed E-state index contributed by atoms with van der Waals surface area (Å²) in [5.74, 6) is 0.0331. The lowest BCUT2D eigenvalue weighted by atomic mass is 10.2. The quantitative estimate of drug-likeness (QED) is 0.855. The zero-order valence-electron chi connectivity index (χ0n) is 12.3. The molecule has 0 spiro atoms. The largest absolute Gasteiger partial charge is 0.324 e. The maximum atomic E-state index is 12.3. The van der Waals surface area contributed by atoms with E-state index in [1.807, 2.05) is 56.4 Å². The minimum absolute atomic E-state index is 0.0331. The molecule has 0 aliphatic carbocycles. The summed E-state index contributed by atoms with van der Waals surface area (Å²) < 4.78 is 1.00.